The van der Waals surface area contributed by atoms with Gasteiger partial charge in [-0.2, -0.15) is 0 Å². The maximum atomic E-state index is 6.23. The van der Waals surface area contributed by atoms with Crippen LogP contribution in [0, 0.1) is 6.92 Å². The first-order valence-corrected chi connectivity index (χ1v) is 6.72. The summed E-state index contributed by atoms with van der Waals surface area (Å²) >= 11 is 0. The molecule has 1 aliphatic heterocycles. The molecule has 4 nitrogen and oxygen atoms in total. The van der Waals surface area contributed by atoms with Crippen LogP contribution in [0.25, 0.3) is 0 Å². The number of hydrogen-bond acceptors (Lipinski definition) is 4. The first kappa shape index (κ1) is 13.5. The van der Waals surface area contributed by atoms with Crippen molar-refractivity contribution in [1.82, 2.24) is 10.3 Å². The molecule has 2 heterocycles. The molecule has 1 aromatic heterocycles. The number of rotatable bonds is 4. The highest BCUT2D eigenvalue weighted by Gasteiger charge is 2.26. The maximum absolute atomic E-state index is 6.23. The molecule has 0 bridgehead atoms. The van der Waals surface area contributed by atoms with Crippen LogP contribution in [0.1, 0.15) is 36.2 Å². The third-order valence-electron chi connectivity index (χ3n) is 3.47. The van der Waals surface area contributed by atoms with Crippen molar-refractivity contribution in [2.75, 3.05) is 19.7 Å². The number of nitrogens with two attached hydrogens (primary N) is 1. The van der Waals surface area contributed by atoms with Gasteiger partial charge in [0, 0.05) is 17.7 Å². The average Bonchev–Trinajstić information content (AvgIpc) is 2.50. The smallest absolute Gasteiger partial charge is 0.0735 e. The molecule has 0 spiro atoms. The van der Waals surface area contributed by atoms with Crippen LogP contribution in [0.2, 0.25) is 0 Å². The van der Waals surface area contributed by atoms with Gasteiger partial charge in [0.25, 0.3) is 0 Å². The van der Waals surface area contributed by atoms with Gasteiger partial charge in [-0.15, -0.1) is 0 Å². The van der Waals surface area contributed by atoms with Gasteiger partial charge in [-0.3, -0.25) is 4.98 Å². The lowest BCUT2D eigenvalue weighted by Crippen LogP contribution is -2.34. The predicted octanol–water partition coefficient (Wildman–Crippen LogP) is 1.33. The van der Waals surface area contributed by atoms with Crippen LogP contribution >= 0.6 is 0 Å². The summed E-state index contributed by atoms with van der Waals surface area (Å²) in [6.07, 6.45) is 1.02. The zero-order valence-corrected chi connectivity index (χ0v) is 11.3. The van der Waals surface area contributed by atoms with Gasteiger partial charge in [0.1, 0.15) is 0 Å². The molecule has 2 atom stereocenters. The molecule has 4 heteroatoms. The molecule has 2 rings (SSSR count). The SMILES string of the molecule is CCNCCC1c2nc(C)ccc2COCC1N. The number of nitrogens with zero attached hydrogens (tertiary/aromatic N) is 1. The van der Waals surface area contributed by atoms with Gasteiger partial charge in [0.15, 0.2) is 0 Å². The number of ether oxygens (including phenoxy) is 1. The summed E-state index contributed by atoms with van der Waals surface area (Å²) in [7, 11) is 0. The lowest BCUT2D eigenvalue weighted by molar-refractivity contribution is 0.110. The summed E-state index contributed by atoms with van der Waals surface area (Å²) in [6, 6.07) is 4.20. The molecule has 1 aliphatic rings. The first-order chi connectivity index (χ1) is 8.72. The van der Waals surface area contributed by atoms with E-state index in [-0.39, 0.29) is 6.04 Å². The van der Waals surface area contributed by atoms with Crippen molar-refractivity contribution >= 4 is 0 Å². The maximum Gasteiger partial charge on any atom is 0.0735 e. The minimum atomic E-state index is 0.0409. The third kappa shape index (κ3) is 3.07. The highest BCUT2D eigenvalue weighted by molar-refractivity contribution is 5.27. The van der Waals surface area contributed by atoms with Gasteiger partial charge >= 0.3 is 0 Å². The van der Waals surface area contributed by atoms with E-state index in [0.29, 0.717) is 19.1 Å². The molecule has 0 saturated carbocycles. The molecule has 0 fully saturated rings. The zero-order chi connectivity index (χ0) is 13.0. The Balaban J connectivity index is 2.22. The summed E-state index contributed by atoms with van der Waals surface area (Å²) in [4.78, 5) is 4.70. The van der Waals surface area contributed by atoms with Crippen molar-refractivity contribution in [3.05, 3.63) is 29.1 Å². The second-order valence-corrected chi connectivity index (χ2v) is 4.92. The molecule has 0 saturated heterocycles. The van der Waals surface area contributed by atoms with Gasteiger partial charge < -0.3 is 15.8 Å². The van der Waals surface area contributed by atoms with E-state index >= 15 is 0 Å². The Hall–Kier alpha value is -0.970. The minimum absolute atomic E-state index is 0.0409. The normalized spacial score (nSPS) is 23.5. The molecule has 0 aromatic carbocycles. The van der Waals surface area contributed by atoms with Crippen LogP contribution < -0.4 is 11.1 Å². The summed E-state index contributed by atoms with van der Waals surface area (Å²) in [5, 5.41) is 3.36. The van der Waals surface area contributed by atoms with E-state index in [0.717, 1.165) is 30.9 Å². The van der Waals surface area contributed by atoms with Crippen molar-refractivity contribution in [2.45, 2.75) is 38.8 Å². The molecule has 0 radical (unpaired) electrons. The molecule has 0 aliphatic carbocycles. The number of fused-ring (bicyclic) bond motifs is 1. The van der Waals surface area contributed by atoms with Gasteiger partial charge in [-0.1, -0.05) is 13.0 Å². The molecular weight excluding hydrogens is 226 g/mol. The van der Waals surface area contributed by atoms with E-state index in [9.17, 15) is 0 Å². The number of aromatic nitrogens is 1. The van der Waals surface area contributed by atoms with Crippen LogP contribution in [0.4, 0.5) is 0 Å². The van der Waals surface area contributed by atoms with E-state index in [2.05, 4.69) is 18.3 Å². The molecule has 1 aromatic rings. The molecule has 3 N–H and O–H groups in total. The fourth-order valence-electron chi connectivity index (χ4n) is 2.46. The van der Waals surface area contributed by atoms with E-state index in [1.807, 2.05) is 13.0 Å². The minimum Gasteiger partial charge on any atom is -0.375 e. The highest BCUT2D eigenvalue weighted by atomic mass is 16.5. The standard InChI is InChI=1S/C14H23N3O/c1-3-16-7-6-12-13(15)9-18-8-11-5-4-10(2)17-14(11)12/h4-5,12-13,16H,3,6-9,15H2,1-2H3. The third-order valence-corrected chi connectivity index (χ3v) is 3.47. The second kappa shape index (κ2) is 6.27. The number of aryl methyl sites for hydroxylation is 1. The monoisotopic (exact) mass is 249 g/mol. The van der Waals surface area contributed by atoms with E-state index in [1.54, 1.807) is 0 Å². The van der Waals surface area contributed by atoms with Crippen LogP contribution in [-0.4, -0.2) is 30.7 Å². The first-order valence-electron chi connectivity index (χ1n) is 6.72. The highest BCUT2D eigenvalue weighted by Crippen LogP contribution is 2.28. The van der Waals surface area contributed by atoms with Crippen LogP contribution in [0.15, 0.2) is 12.1 Å². The Kier molecular flexibility index (Phi) is 4.69. The molecule has 2 unspecified atom stereocenters. The van der Waals surface area contributed by atoms with Crippen LogP contribution in [-0.2, 0) is 11.3 Å². The number of nitrogens with one attached hydrogen (secondary N) is 1. The Morgan fingerprint density at radius 1 is 1.50 bits per heavy atom. The zero-order valence-electron chi connectivity index (χ0n) is 11.3. The van der Waals surface area contributed by atoms with Crippen LogP contribution in [0.5, 0.6) is 0 Å². The van der Waals surface area contributed by atoms with Crippen molar-refractivity contribution in [1.29, 1.82) is 0 Å². The van der Waals surface area contributed by atoms with E-state index in [1.165, 1.54) is 5.56 Å². The second-order valence-electron chi connectivity index (χ2n) is 4.92. The number of pyridine rings is 1. The van der Waals surface area contributed by atoms with Crippen molar-refractivity contribution in [3.8, 4) is 0 Å². The Labute approximate surface area is 109 Å². The lowest BCUT2D eigenvalue weighted by Gasteiger charge is -2.22. The predicted molar refractivity (Wildman–Crippen MR) is 72.5 cm³/mol. The average molecular weight is 249 g/mol. The lowest BCUT2D eigenvalue weighted by atomic mass is 9.91. The number of hydrogen-bond donors (Lipinski definition) is 2. The Bertz CT molecular complexity index is 395. The van der Waals surface area contributed by atoms with Gasteiger partial charge in [0.2, 0.25) is 0 Å². The van der Waals surface area contributed by atoms with Crippen molar-refractivity contribution in [2.24, 2.45) is 5.73 Å². The van der Waals surface area contributed by atoms with Gasteiger partial charge in [-0.25, -0.2) is 0 Å². The Morgan fingerprint density at radius 3 is 3.11 bits per heavy atom. The molecule has 0 amide bonds. The van der Waals surface area contributed by atoms with Crippen molar-refractivity contribution in [3.63, 3.8) is 0 Å². The molecule has 100 valence electrons. The van der Waals surface area contributed by atoms with E-state index in [4.69, 9.17) is 15.5 Å². The molecular formula is C14H23N3O. The van der Waals surface area contributed by atoms with Gasteiger partial charge in [-0.05, 0) is 38.1 Å². The topological polar surface area (TPSA) is 60.2 Å². The van der Waals surface area contributed by atoms with Gasteiger partial charge in [0.05, 0.1) is 18.9 Å². The largest absolute Gasteiger partial charge is 0.375 e. The fourth-order valence-corrected chi connectivity index (χ4v) is 2.46. The summed E-state index contributed by atoms with van der Waals surface area (Å²) in [6.45, 7) is 7.36. The quantitative estimate of drug-likeness (QED) is 0.790. The molecule has 18 heavy (non-hydrogen) atoms. The summed E-state index contributed by atoms with van der Waals surface area (Å²) < 4.78 is 5.62. The Morgan fingerprint density at radius 2 is 2.33 bits per heavy atom. The van der Waals surface area contributed by atoms with E-state index < -0.39 is 0 Å². The fraction of sp³-hybridized carbons (Fsp3) is 0.643. The van der Waals surface area contributed by atoms with Crippen molar-refractivity contribution < 1.29 is 4.74 Å². The summed E-state index contributed by atoms with van der Waals surface area (Å²) in [5.74, 6) is 0.293. The van der Waals surface area contributed by atoms with Crippen LogP contribution in [0.3, 0.4) is 0 Å². The summed E-state index contributed by atoms with van der Waals surface area (Å²) in [5.41, 5.74) is 9.61.